The number of ether oxygens (including phenoxy) is 1. The van der Waals surface area contributed by atoms with Crippen LogP contribution in [-0.4, -0.2) is 29.3 Å². The molecular weight excluding hydrogens is 522 g/mol. The van der Waals surface area contributed by atoms with E-state index >= 15 is 0 Å². The molecule has 0 radical (unpaired) electrons. The maximum absolute atomic E-state index is 14.7. The van der Waals surface area contributed by atoms with Crippen molar-refractivity contribution in [2.75, 3.05) is 6.61 Å². The molecule has 7 nitrogen and oxygen atoms in total. The van der Waals surface area contributed by atoms with E-state index in [9.17, 15) is 23.6 Å². The number of amides is 1. The molecule has 0 atom stereocenters. The predicted molar refractivity (Wildman–Crippen MR) is 141 cm³/mol. The standard InChI is InChI=1S/C28H30ClFN2O5.Na.H/c1-18(33)6-3-2-4-8-25(34)37-13-5-7-20-14-22-26(24(30)15-20)31-17-23(27(22)35)28(36)32-16-19-9-11-21(29)12-10-19;;/h9-12,14-15,17H,2-8,13,16H2,1H3,(H,31,35)(H,32,36);;/q;+1;-1. The molecule has 0 unspecified atom stereocenters. The number of halogens is 2. The van der Waals surface area contributed by atoms with E-state index in [-0.39, 0.29) is 72.4 Å². The monoisotopic (exact) mass is 552 g/mol. The van der Waals surface area contributed by atoms with Gasteiger partial charge in [-0.05, 0) is 68.0 Å². The summed E-state index contributed by atoms with van der Waals surface area (Å²) in [6.45, 7) is 1.93. The summed E-state index contributed by atoms with van der Waals surface area (Å²) in [7, 11) is 0. The van der Waals surface area contributed by atoms with Crippen molar-refractivity contribution in [2.24, 2.45) is 0 Å². The van der Waals surface area contributed by atoms with Gasteiger partial charge in [-0.15, -0.1) is 0 Å². The summed E-state index contributed by atoms with van der Waals surface area (Å²) in [5.41, 5.74) is 0.722. The maximum Gasteiger partial charge on any atom is 1.00 e. The first-order valence-corrected chi connectivity index (χ1v) is 12.6. The molecule has 0 aliphatic heterocycles. The number of aromatic nitrogens is 1. The van der Waals surface area contributed by atoms with E-state index in [1.165, 1.54) is 12.3 Å². The summed E-state index contributed by atoms with van der Waals surface area (Å²) >= 11 is 5.87. The first kappa shape index (κ1) is 31.7. The van der Waals surface area contributed by atoms with Gasteiger partial charge in [-0.1, -0.05) is 30.2 Å². The summed E-state index contributed by atoms with van der Waals surface area (Å²) in [6, 6.07) is 9.83. The number of Topliss-reactive ketones (excluding diaryl/α,β-unsaturated/α-hetero) is 1. The van der Waals surface area contributed by atoms with Gasteiger partial charge in [0, 0.05) is 36.0 Å². The first-order valence-electron chi connectivity index (χ1n) is 12.3. The van der Waals surface area contributed by atoms with Gasteiger partial charge in [0.05, 0.1) is 12.1 Å². The van der Waals surface area contributed by atoms with Gasteiger partial charge in [-0.25, -0.2) is 4.39 Å². The minimum absolute atomic E-state index is 0. The summed E-state index contributed by atoms with van der Waals surface area (Å²) in [4.78, 5) is 51.1. The fourth-order valence-electron chi connectivity index (χ4n) is 3.89. The average Bonchev–Trinajstić information content (AvgIpc) is 2.86. The molecular formula is C28H31ClFN2NaO5. The van der Waals surface area contributed by atoms with Gasteiger partial charge in [0.1, 0.15) is 17.2 Å². The van der Waals surface area contributed by atoms with Crippen LogP contribution in [0, 0.1) is 5.82 Å². The first-order chi connectivity index (χ1) is 17.7. The third kappa shape index (κ3) is 9.66. The third-order valence-electron chi connectivity index (χ3n) is 5.89. The van der Waals surface area contributed by atoms with Crippen LogP contribution in [0.2, 0.25) is 5.02 Å². The molecule has 2 aromatic carbocycles. The fraction of sp³-hybridized carbons (Fsp3) is 0.357. The van der Waals surface area contributed by atoms with E-state index < -0.39 is 17.2 Å². The zero-order valence-corrected chi connectivity index (χ0v) is 24.5. The summed E-state index contributed by atoms with van der Waals surface area (Å²) in [5.74, 6) is -1.33. The van der Waals surface area contributed by atoms with Crippen LogP contribution in [-0.2, 0) is 27.3 Å². The molecule has 1 amide bonds. The van der Waals surface area contributed by atoms with E-state index in [2.05, 4.69) is 10.3 Å². The summed E-state index contributed by atoms with van der Waals surface area (Å²) in [6.07, 6.45) is 5.11. The van der Waals surface area contributed by atoms with Crippen molar-refractivity contribution in [3.8, 4) is 0 Å². The van der Waals surface area contributed by atoms with Crippen molar-refractivity contribution in [2.45, 2.75) is 58.4 Å². The Morgan fingerprint density at radius 1 is 1.03 bits per heavy atom. The van der Waals surface area contributed by atoms with E-state index in [1.807, 2.05) is 0 Å². The van der Waals surface area contributed by atoms with Crippen molar-refractivity contribution in [3.05, 3.63) is 80.3 Å². The Balaban J connectivity index is 0.00000380. The number of hydrogen-bond acceptors (Lipinski definition) is 5. The normalized spacial score (nSPS) is 10.6. The Labute approximate surface area is 249 Å². The quantitative estimate of drug-likeness (QED) is 0.192. The Kier molecular flexibility index (Phi) is 13.2. The molecule has 0 saturated carbocycles. The number of aryl methyl sites for hydroxylation is 1. The van der Waals surface area contributed by atoms with Gasteiger partial charge >= 0.3 is 35.5 Å². The smallest absolute Gasteiger partial charge is 1.00 e. The van der Waals surface area contributed by atoms with Crippen LogP contribution in [0.4, 0.5) is 4.39 Å². The molecule has 3 rings (SSSR count). The number of benzene rings is 2. The SMILES string of the molecule is CC(=O)CCCCCC(=O)OCCCc1cc(F)c2[nH]cc(C(=O)NCc3ccc(Cl)cc3)c(=O)c2c1.[H-].[Na+]. The summed E-state index contributed by atoms with van der Waals surface area (Å²) in [5, 5.41) is 3.35. The van der Waals surface area contributed by atoms with Gasteiger partial charge < -0.3 is 21.3 Å². The van der Waals surface area contributed by atoms with Crippen molar-refractivity contribution >= 4 is 40.2 Å². The number of aromatic amines is 1. The van der Waals surface area contributed by atoms with Crippen LogP contribution >= 0.6 is 11.6 Å². The molecule has 3 aromatic rings. The minimum atomic E-state index is -0.597. The van der Waals surface area contributed by atoms with Gasteiger partial charge in [-0.3, -0.25) is 14.4 Å². The Hall–Kier alpha value is -2.52. The number of ketones is 1. The van der Waals surface area contributed by atoms with Crippen molar-refractivity contribution in [1.29, 1.82) is 0 Å². The van der Waals surface area contributed by atoms with Crippen molar-refractivity contribution < 1.29 is 54.5 Å². The number of unbranched alkanes of at least 4 members (excludes halogenated alkanes) is 2. The molecule has 2 N–H and O–H groups in total. The number of H-pyrrole nitrogens is 1. The Morgan fingerprint density at radius 2 is 1.74 bits per heavy atom. The third-order valence-corrected chi connectivity index (χ3v) is 6.15. The van der Waals surface area contributed by atoms with Crippen LogP contribution in [0.3, 0.4) is 0 Å². The zero-order valence-electron chi connectivity index (χ0n) is 22.7. The molecule has 1 heterocycles. The predicted octanol–water partition coefficient (Wildman–Crippen LogP) is 2.38. The molecule has 0 spiro atoms. The number of carbonyl (C=O) groups excluding carboxylic acids is 3. The largest absolute Gasteiger partial charge is 1.00 e. The molecule has 1 aromatic heterocycles. The summed E-state index contributed by atoms with van der Waals surface area (Å²) < 4.78 is 19.9. The number of nitrogens with one attached hydrogen (secondary N) is 2. The fourth-order valence-corrected chi connectivity index (χ4v) is 4.02. The average molecular weight is 553 g/mol. The minimum Gasteiger partial charge on any atom is -1.00 e. The van der Waals surface area contributed by atoms with E-state index in [1.54, 1.807) is 37.3 Å². The second-order valence-corrected chi connectivity index (χ2v) is 9.36. The van der Waals surface area contributed by atoms with E-state index in [0.717, 1.165) is 18.4 Å². The Bertz CT molecular complexity index is 1330. The molecule has 38 heavy (non-hydrogen) atoms. The number of hydrogen-bond donors (Lipinski definition) is 2. The van der Waals surface area contributed by atoms with Crippen LogP contribution in [0.1, 0.15) is 68.4 Å². The van der Waals surface area contributed by atoms with Crippen molar-refractivity contribution in [3.63, 3.8) is 0 Å². The molecule has 0 saturated heterocycles. The molecule has 0 bridgehead atoms. The molecule has 198 valence electrons. The number of carbonyl (C=O) groups is 3. The zero-order chi connectivity index (χ0) is 26.8. The second-order valence-electron chi connectivity index (χ2n) is 8.93. The number of esters is 1. The van der Waals surface area contributed by atoms with Gasteiger partial charge in [0.25, 0.3) is 5.91 Å². The van der Waals surface area contributed by atoms with Gasteiger partial charge in [0.2, 0.25) is 5.43 Å². The maximum atomic E-state index is 14.7. The molecule has 0 aliphatic carbocycles. The number of fused-ring (bicyclic) bond motifs is 1. The number of pyridine rings is 1. The molecule has 0 fully saturated rings. The van der Waals surface area contributed by atoms with E-state index in [0.29, 0.717) is 42.7 Å². The van der Waals surface area contributed by atoms with Gasteiger partial charge in [0.15, 0.2) is 0 Å². The number of rotatable bonds is 13. The molecule has 10 heteroatoms. The van der Waals surface area contributed by atoms with Crippen LogP contribution < -0.4 is 40.3 Å². The second kappa shape index (κ2) is 15.8. The van der Waals surface area contributed by atoms with Crippen molar-refractivity contribution in [1.82, 2.24) is 10.3 Å². The van der Waals surface area contributed by atoms with Crippen LogP contribution in [0.25, 0.3) is 10.9 Å². The van der Waals surface area contributed by atoms with Crippen LogP contribution in [0.5, 0.6) is 0 Å². The van der Waals surface area contributed by atoms with Crippen LogP contribution in [0.15, 0.2) is 47.4 Å². The van der Waals surface area contributed by atoms with Gasteiger partial charge in [-0.2, -0.15) is 0 Å². The Morgan fingerprint density at radius 3 is 2.45 bits per heavy atom. The van der Waals surface area contributed by atoms with E-state index in [4.69, 9.17) is 16.3 Å². The molecule has 0 aliphatic rings. The topological polar surface area (TPSA) is 105 Å².